The van der Waals surface area contributed by atoms with Gasteiger partial charge in [0.15, 0.2) is 0 Å². The van der Waals surface area contributed by atoms with Gasteiger partial charge >= 0.3 is 12.1 Å². The normalized spacial score (nSPS) is 11.6. The number of halogens is 4. The lowest BCUT2D eigenvalue weighted by molar-refractivity contribution is -0.138. The standard InChI is InChI=1S/C12H8BrF3N2O3/c13-8-2-1-6(12(14,15)16)5-7(8)11-18-17-9(21-11)3-4-10(19)20/h1-2,5H,3-4H2,(H,19,20). The molecule has 0 amide bonds. The van der Waals surface area contributed by atoms with Crippen LogP contribution in [-0.4, -0.2) is 21.3 Å². The lowest BCUT2D eigenvalue weighted by Crippen LogP contribution is -2.04. The molecule has 0 fully saturated rings. The summed E-state index contributed by atoms with van der Waals surface area (Å²) in [6.45, 7) is 0. The third-order valence-corrected chi connectivity index (χ3v) is 3.24. The van der Waals surface area contributed by atoms with Gasteiger partial charge in [0.2, 0.25) is 11.8 Å². The van der Waals surface area contributed by atoms with Crippen LogP contribution in [0, 0.1) is 0 Å². The lowest BCUT2D eigenvalue weighted by atomic mass is 10.1. The molecule has 2 rings (SSSR count). The Hall–Kier alpha value is -1.90. The Morgan fingerprint density at radius 2 is 2.05 bits per heavy atom. The maximum absolute atomic E-state index is 12.7. The first-order valence-corrected chi connectivity index (χ1v) is 6.48. The van der Waals surface area contributed by atoms with Gasteiger partial charge in [-0.2, -0.15) is 13.2 Å². The third-order valence-electron chi connectivity index (χ3n) is 2.54. The van der Waals surface area contributed by atoms with Gasteiger partial charge < -0.3 is 9.52 Å². The van der Waals surface area contributed by atoms with Crippen LogP contribution < -0.4 is 0 Å². The minimum Gasteiger partial charge on any atom is -0.481 e. The van der Waals surface area contributed by atoms with E-state index in [1.807, 2.05) is 0 Å². The Balaban J connectivity index is 2.31. The van der Waals surface area contributed by atoms with Crippen molar-refractivity contribution in [1.82, 2.24) is 10.2 Å². The van der Waals surface area contributed by atoms with E-state index in [-0.39, 0.29) is 30.2 Å². The number of carboxylic acids is 1. The van der Waals surface area contributed by atoms with Gasteiger partial charge in [-0.3, -0.25) is 4.79 Å². The predicted octanol–water partition coefficient (Wildman–Crippen LogP) is 3.54. The second kappa shape index (κ2) is 5.84. The smallest absolute Gasteiger partial charge is 0.416 e. The molecule has 0 bridgehead atoms. The molecule has 0 radical (unpaired) electrons. The number of carboxylic acid groups (broad SMARTS) is 1. The summed E-state index contributed by atoms with van der Waals surface area (Å²) in [5, 5.41) is 15.8. The van der Waals surface area contributed by atoms with Crippen LogP contribution in [0.4, 0.5) is 13.2 Å². The first-order valence-electron chi connectivity index (χ1n) is 5.68. The molecule has 0 aliphatic rings. The number of carbonyl (C=O) groups is 1. The Kier molecular flexibility index (Phi) is 4.31. The van der Waals surface area contributed by atoms with Gasteiger partial charge in [-0.25, -0.2) is 0 Å². The Morgan fingerprint density at radius 1 is 1.33 bits per heavy atom. The maximum Gasteiger partial charge on any atom is 0.416 e. The Bertz CT molecular complexity index is 670. The minimum absolute atomic E-state index is 0.0128. The average Bonchev–Trinajstić information content (AvgIpc) is 2.84. The largest absolute Gasteiger partial charge is 0.481 e. The number of nitrogens with zero attached hydrogens (tertiary/aromatic N) is 2. The van der Waals surface area contributed by atoms with Gasteiger partial charge in [0, 0.05) is 10.9 Å². The summed E-state index contributed by atoms with van der Waals surface area (Å²) >= 11 is 3.12. The van der Waals surface area contributed by atoms with Crippen molar-refractivity contribution >= 4 is 21.9 Å². The quantitative estimate of drug-likeness (QED) is 0.897. The monoisotopic (exact) mass is 364 g/mol. The number of hydrogen-bond donors (Lipinski definition) is 1. The van der Waals surface area contributed by atoms with Crippen molar-refractivity contribution < 1.29 is 27.5 Å². The minimum atomic E-state index is -4.48. The van der Waals surface area contributed by atoms with E-state index in [9.17, 15) is 18.0 Å². The van der Waals surface area contributed by atoms with Crippen molar-refractivity contribution in [3.63, 3.8) is 0 Å². The molecule has 0 saturated carbocycles. The van der Waals surface area contributed by atoms with Crippen molar-refractivity contribution in [1.29, 1.82) is 0 Å². The molecule has 0 saturated heterocycles. The van der Waals surface area contributed by atoms with Crippen molar-refractivity contribution in [2.45, 2.75) is 19.0 Å². The van der Waals surface area contributed by atoms with Gasteiger partial charge in [0.05, 0.1) is 17.5 Å². The van der Waals surface area contributed by atoms with Crippen LogP contribution in [0.15, 0.2) is 27.1 Å². The molecule has 1 aromatic heterocycles. The zero-order valence-electron chi connectivity index (χ0n) is 10.3. The van der Waals surface area contributed by atoms with Crippen LogP contribution in [0.25, 0.3) is 11.5 Å². The number of aromatic nitrogens is 2. The molecule has 0 aliphatic heterocycles. The van der Waals surface area contributed by atoms with Crippen LogP contribution >= 0.6 is 15.9 Å². The summed E-state index contributed by atoms with van der Waals surface area (Å²) in [7, 11) is 0. The van der Waals surface area contributed by atoms with E-state index in [0.29, 0.717) is 4.47 Å². The number of aliphatic carboxylic acids is 1. The highest BCUT2D eigenvalue weighted by Crippen LogP contribution is 2.35. The molecule has 0 unspecified atom stereocenters. The molecule has 112 valence electrons. The van der Waals surface area contributed by atoms with E-state index >= 15 is 0 Å². The van der Waals surface area contributed by atoms with Crippen molar-refractivity contribution in [2.75, 3.05) is 0 Å². The van der Waals surface area contributed by atoms with Crippen LogP contribution in [-0.2, 0) is 17.4 Å². The van der Waals surface area contributed by atoms with Crippen LogP contribution in [0.3, 0.4) is 0 Å². The number of rotatable bonds is 4. The van der Waals surface area contributed by atoms with Crippen LogP contribution in [0.1, 0.15) is 17.9 Å². The molecule has 5 nitrogen and oxygen atoms in total. The summed E-state index contributed by atoms with van der Waals surface area (Å²) in [6.07, 6.45) is -4.67. The highest BCUT2D eigenvalue weighted by atomic mass is 79.9. The SMILES string of the molecule is O=C(O)CCc1nnc(-c2cc(C(F)(F)F)ccc2Br)o1. The molecule has 9 heteroatoms. The van der Waals surface area contributed by atoms with Gasteiger partial charge in [0.1, 0.15) is 0 Å². The summed E-state index contributed by atoms with van der Waals surface area (Å²) in [4.78, 5) is 10.4. The zero-order valence-corrected chi connectivity index (χ0v) is 11.9. The first-order chi connectivity index (χ1) is 9.77. The molecular formula is C12H8BrF3N2O3. The Labute approximate surface area is 124 Å². The van der Waals surface area contributed by atoms with Crippen LogP contribution in [0.5, 0.6) is 0 Å². The van der Waals surface area contributed by atoms with E-state index in [0.717, 1.165) is 12.1 Å². The van der Waals surface area contributed by atoms with Gasteiger partial charge in [0.25, 0.3) is 0 Å². The van der Waals surface area contributed by atoms with E-state index in [1.54, 1.807) is 0 Å². The van der Waals surface area contributed by atoms with E-state index in [1.165, 1.54) is 6.07 Å². The van der Waals surface area contributed by atoms with Crippen molar-refractivity contribution in [2.24, 2.45) is 0 Å². The highest BCUT2D eigenvalue weighted by molar-refractivity contribution is 9.10. The Morgan fingerprint density at radius 3 is 2.67 bits per heavy atom. The molecule has 1 aromatic carbocycles. The van der Waals surface area contributed by atoms with E-state index < -0.39 is 17.7 Å². The number of alkyl halides is 3. The molecule has 1 N–H and O–H groups in total. The average molecular weight is 365 g/mol. The zero-order chi connectivity index (χ0) is 15.6. The van der Waals surface area contributed by atoms with Gasteiger partial charge in [-0.05, 0) is 34.1 Å². The molecule has 0 spiro atoms. The van der Waals surface area contributed by atoms with Crippen molar-refractivity contribution in [3.8, 4) is 11.5 Å². The lowest BCUT2D eigenvalue weighted by Gasteiger charge is -2.08. The number of benzene rings is 1. The summed E-state index contributed by atoms with van der Waals surface area (Å²) in [6, 6.07) is 3.05. The van der Waals surface area contributed by atoms with E-state index in [2.05, 4.69) is 26.1 Å². The molecule has 0 atom stereocenters. The number of hydrogen-bond acceptors (Lipinski definition) is 4. The predicted molar refractivity (Wildman–Crippen MR) is 68.4 cm³/mol. The van der Waals surface area contributed by atoms with E-state index in [4.69, 9.17) is 9.52 Å². The topological polar surface area (TPSA) is 76.2 Å². The second-order valence-corrected chi connectivity index (χ2v) is 4.94. The van der Waals surface area contributed by atoms with Crippen LogP contribution in [0.2, 0.25) is 0 Å². The molecule has 0 aliphatic carbocycles. The number of aryl methyl sites for hydroxylation is 1. The molecular weight excluding hydrogens is 357 g/mol. The summed E-state index contributed by atoms with van der Waals surface area (Å²) in [5.41, 5.74) is -0.745. The first kappa shape index (κ1) is 15.5. The highest BCUT2D eigenvalue weighted by Gasteiger charge is 2.31. The maximum atomic E-state index is 12.7. The summed E-state index contributed by atoms with van der Waals surface area (Å²) < 4.78 is 43.6. The third kappa shape index (κ3) is 3.81. The second-order valence-electron chi connectivity index (χ2n) is 4.09. The van der Waals surface area contributed by atoms with Crippen molar-refractivity contribution in [3.05, 3.63) is 34.1 Å². The fourth-order valence-electron chi connectivity index (χ4n) is 1.54. The fourth-order valence-corrected chi connectivity index (χ4v) is 1.96. The molecule has 2 aromatic rings. The molecule has 21 heavy (non-hydrogen) atoms. The molecule has 1 heterocycles. The van der Waals surface area contributed by atoms with Gasteiger partial charge in [-0.1, -0.05) is 0 Å². The van der Waals surface area contributed by atoms with Gasteiger partial charge in [-0.15, -0.1) is 10.2 Å². The fraction of sp³-hybridized carbons (Fsp3) is 0.250. The summed E-state index contributed by atoms with van der Waals surface area (Å²) in [5.74, 6) is -1.08.